The molecular weight excluding hydrogens is 420 g/mol. The second-order valence-electron chi connectivity index (χ2n) is 7.32. The van der Waals surface area contributed by atoms with Gasteiger partial charge in [-0.2, -0.15) is 4.68 Å². The van der Waals surface area contributed by atoms with Crippen molar-refractivity contribution in [3.8, 4) is 22.1 Å². The third-order valence-corrected chi connectivity index (χ3v) is 6.17. The Hall–Kier alpha value is -3.97. The van der Waals surface area contributed by atoms with Gasteiger partial charge in [-0.1, -0.05) is 65.9 Å². The lowest BCUT2D eigenvalue weighted by Gasteiger charge is -2.00. The Kier molecular flexibility index (Phi) is 5.39. The fraction of sp³-hybridized carbons (Fsp3) is 0.0800. The van der Waals surface area contributed by atoms with Gasteiger partial charge in [0.25, 0.3) is 5.56 Å². The molecule has 0 bridgehead atoms. The minimum Gasteiger partial charge on any atom is -0.508 e. The van der Waals surface area contributed by atoms with E-state index >= 15 is 0 Å². The maximum atomic E-state index is 13.3. The minimum absolute atomic E-state index is 0.184. The van der Waals surface area contributed by atoms with Crippen molar-refractivity contribution in [2.75, 3.05) is 6.54 Å². The van der Waals surface area contributed by atoms with Crippen LogP contribution < -0.4 is 5.56 Å². The quantitative estimate of drug-likeness (QED) is 0.372. The maximum Gasteiger partial charge on any atom is 0.282 e. The molecule has 7 heteroatoms. The van der Waals surface area contributed by atoms with Gasteiger partial charge in [-0.15, -0.1) is 0 Å². The number of aromatic nitrogens is 3. The van der Waals surface area contributed by atoms with E-state index in [1.807, 2.05) is 66.7 Å². The first-order valence-electron chi connectivity index (χ1n) is 10.2. The SMILES string of the molecule is O=c1c(C=NCCc2ccc(O)cc2)c(-c2ccccc2)[nH]n1-c1nc2ccccc2s1. The topological polar surface area (TPSA) is 83.3 Å². The highest BCUT2D eigenvalue weighted by molar-refractivity contribution is 7.20. The first-order chi connectivity index (χ1) is 15.7. The highest BCUT2D eigenvalue weighted by Crippen LogP contribution is 2.25. The van der Waals surface area contributed by atoms with Crippen LogP contribution in [-0.4, -0.2) is 32.6 Å². The summed E-state index contributed by atoms with van der Waals surface area (Å²) >= 11 is 1.46. The summed E-state index contributed by atoms with van der Waals surface area (Å²) in [6.07, 6.45) is 2.36. The van der Waals surface area contributed by atoms with Crippen molar-refractivity contribution in [1.82, 2.24) is 14.8 Å². The normalized spacial score (nSPS) is 11.5. The number of H-pyrrole nitrogens is 1. The number of phenolic OH excluding ortho intramolecular Hbond substituents is 1. The first-order valence-corrected chi connectivity index (χ1v) is 11.0. The van der Waals surface area contributed by atoms with E-state index in [1.54, 1.807) is 18.3 Å². The lowest BCUT2D eigenvalue weighted by Crippen LogP contribution is -2.17. The summed E-state index contributed by atoms with van der Waals surface area (Å²) in [5.74, 6) is 0.243. The van der Waals surface area contributed by atoms with Crippen molar-refractivity contribution in [1.29, 1.82) is 0 Å². The van der Waals surface area contributed by atoms with Crippen LogP contribution >= 0.6 is 11.3 Å². The number of rotatable bonds is 6. The number of aliphatic imine (C=N–C) groups is 1. The molecule has 2 heterocycles. The Bertz CT molecular complexity index is 1410. The first kappa shape index (κ1) is 20.0. The predicted octanol–water partition coefficient (Wildman–Crippen LogP) is 4.81. The third kappa shape index (κ3) is 3.98. The second kappa shape index (κ2) is 8.64. The van der Waals surface area contributed by atoms with Crippen LogP contribution in [0.15, 0.2) is 88.6 Å². The van der Waals surface area contributed by atoms with Gasteiger partial charge in [-0.25, -0.2) is 4.98 Å². The van der Waals surface area contributed by atoms with Gasteiger partial charge in [0.2, 0.25) is 5.13 Å². The molecule has 0 saturated heterocycles. The number of phenols is 1. The number of fused-ring (bicyclic) bond motifs is 1. The van der Waals surface area contributed by atoms with Crippen LogP contribution in [0.1, 0.15) is 11.1 Å². The highest BCUT2D eigenvalue weighted by atomic mass is 32.1. The van der Waals surface area contributed by atoms with Gasteiger partial charge in [-0.3, -0.25) is 14.9 Å². The van der Waals surface area contributed by atoms with Crippen LogP contribution in [0.3, 0.4) is 0 Å². The van der Waals surface area contributed by atoms with Gasteiger partial charge < -0.3 is 5.11 Å². The Morgan fingerprint density at radius 1 is 1.00 bits per heavy atom. The molecule has 0 aliphatic heterocycles. The number of nitrogens with zero attached hydrogens (tertiary/aromatic N) is 3. The predicted molar refractivity (Wildman–Crippen MR) is 129 cm³/mol. The van der Waals surface area contributed by atoms with E-state index in [0.29, 0.717) is 29.4 Å². The van der Waals surface area contributed by atoms with E-state index in [0.717, 1.165) is 21.3 Å². The number of benzene rings is 3. The molecule has 0 spiro atoms. The van der Waals surface area contributed by atoms with Crippen molar-refractivity contribution >= 4 is 27.8 Å². The van der Waals surface area contributed by atoms with E-state index in [-0.39, 0.29) is 11.3 Å². The van der Waals surface area contributed by atoms with Crippen molar-refractivity contribution in [3.05, 3.63) is 100 Å². The summed E-state index contributed by atoms with van der Waals surface area (Å²) in [4.78, 5) is 22.5. The molecule has 5 rings (SSSR count). The molecule has 0 fully saturated rings. The summed E-state index contributed by atoms with van der Waals surface area (Å²) in [5.41, 5.74) is 3.87. The van der Waals surface area contributed by atoms with E-state index < -0.39 is 0 Å². The zero-order valence-electron chi connectivity index (χ0n) is 17.1. The number of aromatic hydroxyl groups is 1. The Morgan fingerprint density at radius 3 is 2.53 bits per heavy atom. The highest BCUT2D eigenvalue weighted by Gasteiger charge is 2.17. The molecule has 0 amide bonds. The lowest BCUT2D eigenvalue weighted by molar-refractivity contribution is 0.475. The van der Waals surface area contributed by atoms with Gasteiger partial charge in [0, 0.05) is 18.3 Å². The van der Waals surface area contributed by atoms with E-state index in [4.69, 9.17) is 0 Å². The van der Waals surface area contributed by atoms with Crippen LogP contribution in [0.2, 0.25) is 0 Å². The number of nitrogens with one attached hydrogen (secondary N) is 1. The van der Waals surface area contributed by atoms with Gasteiger partial charge in [0.1, 0.15) is 5.75 Å². The number of hydrogen-bond acceptors (Lipinski definition) is 5. The van der Waals surface area contributed by atoms with E-state index in [1.165, 1.54) is 16.0 Å². The Morgan fingerprint density at radius 2 is 1.75 bits per heavy atom. The van der Waals surface area contributed by atoms with Crippen LogP contribution in [0.25, 0.3) is 26.6 Å². The molecule has 0 aliphatic rings. The molecule has 0 unspecified atom stereocenters. The smallest absolute Gasteiger partial charge is 0.282 e. The number of thiazole rings is 1. The van der Waals surface area contributed by atoms with Crippen molar-refractivity contribution in [3.63, 3.8) is 0 Å². The van der Waals surface area contributed by atoms with Crippen LogP contribution in [0.4, 0.5) is 0 Å². The zero-order valence-corrected chi connectivity index (χ0v) is 17.9. The zero-order chi connectivity index (χ0) is 21.9. The summed E-state index contributed by atoms with van der Waals surface area (Å²) in [7, 11) is 0. The number of aromatic amines is 1. The van der Waals surface area contributed by atoms with Gasteiger partial charge in [0.15, 0.2) is 0 Å². The van der Waals surface area contributed by atoms with Gasteiger partial charge in [-0.05, 0) is 36.2 Å². The molecule has 32 heavy (non-hydrogen) atoms. The monoisotopic (exact) mass is 440 g/mol. The largest absolute Gasteiger partial charge is 0.508 e. The molecule has 0 radical (unpaired) electrons. The minimum atomic E-state index is -0.184. The van der Waals surface area contributed by atoms with Gasteiger partial charge in [0.05, 0.1) is 21.5 Å². The van der Waals surface area contributed by atoms with E-state index in [9.17, 15) is 9.90 Å². The summed E-state index contributed by atoms with van der Waals surface area (Å²) in [6.45, 7) is 0.533. The molecule has 2 aromatic heterocycles. The van der Waals surface area contributed by atoms with Crippen LogP contribution in [-0.2, 0) is 6.42 Å². The van der Waals surface area contributed by atoms with Crippen LogP contribution in [0, 0.1) is 0 Å². The molecule has 0 saturated carbocycles. The molecule has 2 N–H and O–H groups in total. The molecule has 0 atom stereocenters. The second-order valence-corrected chi connectivity index (χ2v) is 8.33. The average molecular weight is 441 g/mol. The third-order valence-electron chi connectivity index (χ3n) is 5.15. The van der Waals surface area contributed by atoms with E-state index in [2.05, 4.69) is 15.1 Å². The van der Waals surface area contributed by atoms with Crippen molar-refractivity contribution in [2.45, 2.75) is 6.42 Å². The fourth-order valence-corrected chi connectivity index (χ4v) is 4.42. The Labute approximate surface area is 188 Å². The maximum absolute atomic E-state index is 13.3. The molecular formula is C25H20N4O2S. The van der Waals surface area contributed by atoms with Crippen molar-refractivity contribution < 1.29 is 5.11 Å². The summed E-state index contributed by atoms with van der Waals surface area (Å²) < 4.78 is 2.52. The fourth-order valence-electron chi connectivity index (χ4n) is 3.50. The van der Waals surface area contributed by atoms with Gasteiger partial charge >= 0.3 is 0 Å². The number of hydrogen-bond donors (Lipinski definition) is 2. The molecule has 5 aromatic rings. The molecule has 3 aromatic carbocycles. The molecule has 6 nitrogen and oxygen atoms in total. The summed E-state index contributed by atoms with van der Waals surface area (Å²) in [5, 5.41) is 13.3. The summed E-state index contributed by atoms with van der Waals surface area (Å²) in [6, 6.07) is 24.6. The standard InChI is InChI=1S/C25H20N4O2S/c30-19-12-10-17(11-13-19)14-15-26-16-20-23(18-6-2-1-3-7-18)28-29(24(20)31)25-27-21-8-4-5-9-22(21)32-25/h1-13,16,28,30H,14-15H2. The molecule has 0 aliphatic carbocycles. The van der Waals surface area contributed by atoms with Crippen LogP contribution in [0.5, 0.6) is 5.75 Å². The van der Waals surface area contributed by atoms with Crippen molar-refractivity contribution in [2.24, 2.45) is 4.99 Å². The Balaban J connectivity index is 1.50. The number of para-hydroxylation sites is 1. The average Bonchev–Trinajstić information content (AvgIpc) is 3.39. The molecule has 158 valence electrons. The lowest BCUT2D eigenvalue weighted by atomic mass is 10.1.